The van der Waals surface area contributed by atoms with Crippen LogP contribution in [0.25, 0.3) is 5.57 Å². The zero-order valence-electron chi connectivity index (χ0n) is 9.77. The summed E-state index contributed by atoms with van der Waals surface area (Å²) in [6.45, 7) is 3.76. The molecule has 0 amide bonds. The first-order valence-corrected chi connectivity index (χ1v) is 5.49. The third-order valence-electron chi connectivity index (χ3n) is 2.28. The largest absolute Gasteiger partial charge is 0.513 e. The molecule has 0 radical (unpaired) electrons. The molecular weight excluding hydrogens is 200 g/mol. The first-order chi connectivity index (χ1) is 7.63. The zero-order valence-corrected chi connectivity index (χ0v) is 9.77. The van der Waals surface area contributed by atoms with Gasteiger partial charge in [0.05, 0.1) is 5.76 Å². The van der Waals surface area contributed by atoms with Gasteiger partial charge in [0.15, 0.2) is 0 Å². The highest BCUT2D eigenvalue weighted by Gasteiger charge is 1.99. The predicted molar refractivity (Wildman–Crippen MR) is 67.4 cm³/mol. The number of rotatable bonds is 4. The lowest BCUT2D eigenvalue weighted by Gasteiger charge is -2.05. The number of aromatic hydroxyl groups is 1. The maximum Gasteiger partial charge on any atom is 0.115 e. The molecule has 0 unspecified atom stereocenters. The summed E-state index contributed by atoms with van der Waals surface area (Å²) in [6.07, 6.45) is 5.61. The van der Waals surface area contributed by atoms with Crippen molar-refractivity contribution in [1.29, 1.82) is 0 Å². The molecule has 2 N–H and O–H groups in total. The average Bonchev–Trinajstić information content (AvgIpc) is 2.25. The van der Waals surface area contributed by atoms with Gasteiger partial charge in [0.2, 0.25) is 0 Å². The Hall–Kier alpha value is -1.70. The van der Waals surface area contributed by atoms with Crippen LogP contribution in [0, 0.1) is 0 Å². The molecule has 0 atom stereocenters. The Morgan fingerprint density at radius 2 is 1.81 bits per heavy atom. The standard InChI is InChI=1S/C14H18O2/c1-3-4-12(6-5-11(2)15)13-7-9-14(16)10-8-13/h5-10,15-16H,3-4H2,1-2H3/b11-5+,12-6+. The first kappa shape index (κ1) is 12.4. The molecule has 0 saturated heterocycles. The average molecular weight is 218 g/mol. The highest BCUT2D eigenvalue weighted by molar-refractivity contribution is 5.67. The van der Waals surface area contributed by atoms with E-state index in [9.17, 15) is 5.11 Å². The van der Waals surface area contributed by atoms with Crippen LogP contribution in [-0.4, -0.2) is 10.2 Å². The second kappa shape index (κ2) is 6.01. The second-order valence-corrected chi connectivity index (χ2v) is 3.80. The van der Waals surface area contributed by atoms with Crippen LogP contribution in [0.4, 0.5) is 0 Å². The van der Waals surface area contributed by atoms with Crippen molar-refractivity contribution >= 4 is 5.57 Å². The summed E-state index contributed by atoms with van der Waals surface area (Å²) >= 11 is 0. The Labute approximate surface area is 96.6 Å². The lowest BCUT2D eigenvalue weighted by Crippen LogP contribution is -1.84. The molecule has 2 nitrogen and oxygen atoms in total. The molecule has 0 saturated carbocycles. The van der Waals surface area contributed by atoms with Crippen LogP contribution in [-0.2, 0) is 0 Å². The van der Waals surface area contributed by atoms with E-state index in [1.165, 1.54) is 0 Å². The van der Waals surface area contributed by atoms with Gasteiger partial charge in [-0.2, -0.15) is 0 Å². The molecule has 16 heavy (non-hydrogen) atoms. The van der Waals surface area contributed by atoms with E-state index in [1.54, 1.807) is 25.1 Å². The minimum atomic E-state index is 0.272. The summed E-state index contributed by atoms with van der Waals surface area (Å²) in [6, 6.07) is 7.12. The second-order valence-electron chi connectivity index (χ2n) is 3.80. The molecule has 0 aliphatic heterocycles. The molecule has 86 valence electrons. The molecule has 1 aromatic rings. The van der Waals surface area contributed by atoms with Crippen LogP contribution in [0.3, 0.4) is 0 Å². The molecule has 2 heteroatoms. The zero-order chi connectivity index (χ0) is 12.0. The summed E-state index contributed by atoms with van der Waals surface area (Å²) < 4.78 is 0. The minimum Gasteiger partial charge on any atom is -0.513 e. The van der Waals surface area contributed by atoms with E-state index in [0.717, 1.165) is 24.0 Å². The first-order valence-electron chi connectivity index (χ1n) is 5.49. The Morgan fingerprint density at radius 3 is 2.31 bits per heavy atom. The quantitative estimate of drug-likeness (QED) is 0.591. The fourth-order valence-corrected chi connectivity index (χ4v) is 1.49. The van der Waals surface area contributed by atoms with Gasteiger partial charge in [0.25, 0.3) is 0 Å². The predicted octanol–water partition coefficient (Wildman–Crippen LogP) is 4.04. The number of hydrogen-bond acceptors (Lipinski definition) is 2. The molecular formula is C14H18O2. The summed E-state index contributed by atoms with van der Waals surface area (Å²) in [5.41, 5.74) is 2.24. The normalized spacial score (nSPS) is 12.9. The lowest BCUT2D eigenvalue weighted by atomic mass is 10.0. The van der Waals surface area contributed by atoms with Gasteiger partial charge in [-0.1, -0.05) is 31.6 Å². The summed E-state index contributed by atoms with van der Waals surface area (Å²) in [5, 5.41) is 18.4. The maximum absolute atomic E-state index is 9.22. The fraction of sp³-hybridized carbons (Fsp3) is 0.286. The number of aliphatic hydroxyl groups excluding tert-OH is 1. The van der Waals surface area contributed by atoms with Gasteiger partial charge in [0.1, 0.15) is 5.75 Å². The van der Waals surface area contributed by atoms with E-state index >= 15 is 0 Å². The van der Waals surface area contributed by atoms with Crippen LogP contribution < -0.4 is 0 Å². The van der Waals surface area contributed by atoms with Crippen molar-refractivity contribution in [2.75, 3.05) is 0 Å². The number of phenols is 1. The van der Waals surface area contributed by atoms with E-state index in [0.29, 0.717) is 5.76 Å². The number of aliphatic hydroxyl groups is 1. The van der Waals surface area contributed by atoms with Crippen LogP contribution in [0.5, 0.6) is 5.75 Å². The molecule has 0 aromatic heterocycles. The SMILES string of the molecule is CCC/C(=C\C=C(/C)O)c1ccc(O)cc1. The molecule has 0 spiro atoms. The molecule has 1 aromatic carbocycles. The maximum atomic E-state index is 9.22. The van der Waals surface area contributed by atoms with Crippen molar-refractivity contribution < 1.29 is 10.2 Å². The highest BCUT2D eigenvalue weighted by Crippen LogP contribution is 2.22. The van der Waals surface area contributed by atoms with Gasteiger partial charge in [-0.05, 0) is 42.7 Å². The van der Waals surface area contributed by atoms with Crippen molar-refractivity contribution in [3.8, 4) is 5.75 Å². The summed E-state index contributed by atoms with van der Waals surface area (Å²) in [4.78, 5) is 0. The van der Waals surface area contributed by atoms with E-state index in [1.807, 2.05) is 18.2 Å². The van der Waals surface area contributed by atoms with Crippen LogP contribution in [0.15, 0.2) is 42.2 Å². The van der Waals surface area contributed by atoms with Crippen LogP contribution in [0.1, 0.15) is 32.3 Å². The number of allylic oxidation sites excluding steroid dienone is 4. The van der Waals surface area contributed by atoms with Gasteiger partial charge in [-0.3, -0.25) is 0 Å². The van der Waals surface area contributed by atoms with Gasteiger partial charge >= 0.3 is 0 Å². The number of phenolic OH excluding ortho intramolecular Hbond substituents is 1. The van der Waals surface area contributed by atoms with Crippen LogP contribution >= 0.6 is 0 Å². The van der Waals surface area contributed by atoms with Gasteiger partial charge in [-0.15, -0.1) is 0 Å². The van der Waals surface area contributed by atoms with Crippen molar-refractivity contribution in [2.45, 2.75) is 26.7 Å². The number of benzene rings is 1. The van der Waals surface area contributed by atoms with Crippen molar-refractivity contribution in [1.82, 2.24) is 0 Å². The van der Waals surface area contributed by atoms with E-state index < -0.39 is 0 Å². The summed E-state index contributed by atoms with van der Waals surface area (Å²) in [7, 11) is 0. The van der Waals surface area contributed by atoms with Crippen LogP contribution in [0.2, 0.25) is 0 Å². The Bertz CT molecular complexity index is 382. The Morgan fingerprint density at radius 1 is 1.19 bits per heavy atom. The molecule has 0 aliphatic rings. The lowest BCUT2D eigenvalue weighted by molar-refractivity contribution is 0.414. The summed E-state index contributed by atoms with van der Waals surface area (Å²) in [5.74, 6) is 0.570. The molecule has 0 fully saturated rings. The van der Waals surface area contributed by atoms with Gasteiger partial charge in [0, 0.05) is 0 Å². The third kappa shape index (κ3) is 3.81. The van der Waals surface area contributed by atoms with E-state index in [-0.39, 0.29) is 5.75 Å². The van der Waals surface area contributed by atoms with E-state index in [4.69, 9.17) is 5.11 Å². The molecule has 0 heterocycles. The highest BCUT2D eigenvalue weighted by atomic mass is 16.3. The van der Waals surface area contributed by atoms with Crippen molar-refractivity contribution in [3.63, 3.8) is 0 Å². The molecule has 1 rings (SSSR count). The monoisotopic (exact) mass is 218 g/mol. The topological polar surface area (TPSA) is 40.5 Å². The molecule has 0 bridgehead atoms. The van der Waals surface area contributed by atoms with Gasteiger partial charge in [-0.25, -0.2) is 0 Å². The fourth-order valence-electron chi connectivity index (χ4n) is 1.49. The van der Waals surface area contributed by atoms with Gasteiger partial charge < -0.3 is 10.2 Å². The molecule has 0 aliphatic carbocycles. The minimum absolute atomic E-state index is 0.272. The Kier molecular flexibility index (Phi) is 4.65. The third-order valence-corrected chi connectivity index (χ3v) is 2.28. The van der Waals surface area contributed by atoms with Crippen molar-refractivity contribution in [3.05, 3.63) is 47.7 Å². The van der Waals surface area contributed by atoms with Crippen molar-refractivity contribution in [2.24, 2.45) is 0 Å². The number of hydrogen-bond donors (Lipinski definition) is 2. The smallest absolute Gasteiger partial charge is 0.115 e. The van der Waals surface area contributed by atoms with E-state index in [2.05, 4.69) is 6.92 Å². The Balaban J connectivity index is 2.97.